The number of H-pyrrole nitrogens is 1. The molecule has 2 aliphatic rings. The molecule has 1 saturated heterocycles. The van der Waals surface area contributed by atoms with Crippen molar-refractivity contribution in [1.82, 2.24) is 4.98 Å². The molecule has 1 fully saturated rings. The van der Waals surface area contributed by atoms with Gasteiger partial charge >= 0.3 is 17.2 Å². The summed E-state index contributed by atoms with van der Waals surface area (Å²) >= 11 is 1.62. The summed E-state index contributed by atoms with van der Waals surface area (Å²) in [6.45, 7) is -0.757. The molecular formula is C30H19F6N3O5S2. The van der Waals surface area contributed by atoms with E-state index >= 15 is 0 Å². The second kappa shape index (κ2) is 11.7. The topological polar surface area (TPSA) is 109 Å². The van der Waals surface area contributed by atoms with Crippen LogP contribution in [0.2, 0.25) is 0 Å². The van der Waals surface area contributed by atoms with Crippen molar-refractivity contribution in [2.75, 3.05) is 16.8 Å². The quantitative estimate of drug-likeness (QED) is 0.183. The van der Waals surface area contributed by atoms with E-state index in [1.165, 1.54) is 36.4 Å². The summed E-state index contributed by atoms with van der Waals surface area (Å²) in [5.74, 6) is -5.08. The summed E-state index contributed by atoms with van der Waals surface area (Å²) in [4.78, 5) is 55.7. The van der Waals surface area contributed by atoms with Gasteiger partial charge in [-0.15, -0.1) is 0 Å². The van der Waals surface area contributed by atoms with Crippen molar-refractivity contribution in [1.29, 1.82) is 0 Å². The van der Waals surface area contributed by atoms with E-state index in [0.717, 1.165) is 53.4 Å². The lowest BCUT2D eigenvalue weighted by Crippen LogP contribution is -2.33. The average molecular weight is 680 g/mol. The number of fused-ring (bicyclic) bond motifs is 2. The highest BCUT2D eigenvalue weighted by molar-refractivity contribution is 8.00. The molecule has 16 heteroatoms. The molecule has 0 radical (unpaired) electrons. The molecule has 0 aliphatic carbocycles. The maximum Gasteiger partial charge on any atom is 0.418 e. The number of aromatic nitrogens is 1. The van der Waals surface area contributed by atoms with E-state index in [9.17, 15) is 45.5 Å². The van der Waals surface area contributed by atoms with Crippen LogP contribution in [0, 0.1) is 5.92 Å². The highest BCUT2D eigenvalue weighted by Gasteiger charge is 2.57. The first-order valence-electron chi connectivity index (χ1n) is 13.4. The van der Waals surface area contributed by atoms with E-state index in [-0.39, 0.29) is 16.3 Å². The Morgan fingerprint density at radius 1 is 0.848 bits per heavy atom. The Balaban J connectivity index is 1.35. The third kappa shape index (κ3) is 5.66. The number of thioether (sulfide) groups is 1. The number of ether oxygens (including phenoxy) is 1. The number of thiazole rings is 1. The minimum atomic E-state index is -4.87. The van der Waals surface area contributed by atoms with Gasteiger partial charge in [0, 0.05) is 16.4 Å². The van der Waals surface area contributed by atoms with Crippen molar-refractivity contribution in [3.05, 3.63) is 104 Å². The lowest BCUT2D eigenvalue weighted by Gasteiger charge is -2.30. The number of hydrogen-bond acceptors (Lipinski definition) is 7. The van der Waals surface area contributed by atoms with Crippen molar-refractivity contribution >= 4 is 52.2 Å². The Kier molecular flexibility index (Phi) is 7.96. The van der Waals surface area contributed by atoms with E-state index in [1.807, 2.05) is 0 Å². The Morgan fingerprint density at radius 2 is 1.48 bits per heavy atom. The third-order valence-corrected chi connectivity index (χ3v) is 9.79. The van der Waals surface area contributed by atoms with Gasteiger partial charge in [0.1, 0.15) is 11.0 Å². The molecule has 0 unspecified atom stereocenters. The van der Waals surface area contributed by atoms with Crippen molar-refractivity contribution < 1.29 is 45.5 Å². The molecule has 238 valence electrons. The van der Waals surface area contributed by atoms with Gasteiger partial charge in [0.15, 0.2) is 6.61 Å². The number of halogens is 6. The molecule has 2 aliphatic heterocycles. The van der Waals surface area contributed by atoms with Crippen LogP contribution < -0.4 is 19.8 Å². The molecule has 3 aromatic carbocycles. The molecule has 1 aromatic heterocycles. The van der Waals surface area contributed by atoms with Crippen LogP contribution in [0.25, 0.3) is 0 Å². The predicted octanol–water partition coefficient (Wildman–Crippen LogP) is 6.29. The smallest absolute Gasteiger partial charge is 0.418 e. The molecule has 3 amide bonds. The number of benzene rings is 3. The maximum absolute atomic E-state index is 14.0. The number of nitrogens with one attached hydrogen (secondary N) is 2. The normalized spacial score (nSPS) is 19.5. The first kappa shape index (κ1) is 31.4. The summed E-state index contributed by atoms with van der Waals surface area (Å²) in [6.07, 6.45) is -9.61. The Bertz CT molecular complexity index is 1920. The van der Waals surface area contributed by atoms with Crippen LogP contribution in [0.5, 0.6) is 5.75 Å². The summed E-state index contributed by atoms with van der Waals surface area (Å²) in [5.41, 5.74) is -3.12. The summed E-state index contributed by atoms with van der Waals surface area (Å²) in [5, 5.41) is 1.21. The monoisotopic (exact) mass is 679 g/mol. The van der Waals surface area contributed by atoms with Crippen LogP contribution in [0.1, 0.15) is 27.5 Å². The molecule has 0 bridgehead atoms. The average Bonchev–Trinajstić information content (AvgIpc) is 3.49. The zero-order chi connectivity index (χ0) is 33.0. The number of alkyl halides is 6. The van der Waals surface area contributed by atoms with Crippen LogP contribution in [0.3, 0.4) is 0 Å². The fraction of sp³-hybridized carbons (Fsp3) is 0.200. The largest absolute Gasteiger partial charge is 0.483 e. The van der Waals surface area contributed by atoms with Crippen LogP contribution >= 0.6 is 23.1 Å². The second-order valence-electron chi connectivity index (χ2n) is 10.2. The van der Waals surface area contributed by atoms with Gasteiger partial charge in [-0.1, -0.05) is 65.6 Å². The molecule has 0 saturated carbocycles. The van der Waals surface area contributed by atoms with Gasteiger partial charge in [-0.05, 0) is 30.3 Å². The first-order valence-corrected chi connectivity index (χ1v) is 15.1. The lowest BCUT2D eigenvalue weighted by molar-refractivity contribution is -0.138. The van der Waals surface area contributed by atoms with Crippen LogP contribution in [0.15, 0.2) is 82.6 Å². The van der Waals surface area contributed by atoms with Gasteiger partial charge in [-0.2, -0.15) is 26.3 Å². The summed E-state index contributed by atoms with van der Waals surface area (Å²) < 4.78 is 87.6. The van der Waals surface area contributed by atoms with Gasteiger partial charge in [0.2, 0.25) is 11.8 Å². The minimum Gasteiger partial charge on any atom is -0.483 e. The summed E-state index contributed by atoms with van der Waals surface area (Å²) in [6, 6.07) is 14.6. The fourth-order valence-electron chi connectivity index (χ4n) is 5.54. The van der Waals surface area contributed by atoms with Gasteiger partial charge in [0.05, 0.1) is 33.4 Å². The standard InChI is InChI=1S/C30H19F6N3O5S2/c31-29(32,33)15-8-2-4-10-17(15)37-20(40)13-44-19-12-6-1-7-14(19)21-22-24(45-25-23(21)46-28(43)38-25)27(42)39(26(22)41)18-11-5-3-9-16(18)30(34,35)36/h1-12,21-22,24H,13H2,(H,37,40)(H,38,43)/t21-,22-,24+/m0/s1. The van der Waals surface area contributed by atoms with Gasteiger partial charge in [-0.3, -0.25) is 19.2 Å². The van der Waals surface area contributed by atoms with Gasteiger partial charge in [0.25, 0.3) is 5.91 Å². The Morgan fingerprint density at radius 3 is 2.20 bits per heavy atom. The lowest BCUT2D eigenvalue weighted by atomic mass is 9.82. The molecule has 6 rings (SSSR count). The fourth-order valence-corrected chi connectivity index (χ4v) is 8.04. The van der Waals surface area contributed by atoms with Crippen molar-refractivity contribution in [3.8, 4) is 5.75 Å². The van der Waals surface area contributed by atoms with Crippen LogP contribution in [-0.4, -0.2) is 34.6 Å². The second-order valence-corrected chi connectivity index (χ2v) is 12.4. The van der Waals surface area contributed by atoms with Crippen LogP contribution in [-0.2, 0) is 26.7 Å². The Labute approximate surface area is 263 Å². The van der Waals surface area contributed by atoms with E-state index < -0.39 is 81.1 Å². The highest BCUT2D eigenvalue weighted by atomic mass is 32.2. The SMILES string of the molecule is O=C(COc1ccccc1[C@@H]1c2sc(=O)[nH]c2S[C@H]2C(=O)N(c3ccccc3C(F)(F)F)C(=O)[C@@H]12)Nc1ccccc1C(F)(F)F. The number of rotatable bonds is 6. The number of amides is 3. The van der Waals surface area contributed by atoms with Gasteiger partial charge < -0.3 is 15.0 Å². The van der Waals surface area contributed by atoms with Crippen molar-refractivity contribution in [2.24, 2.45) is 5.92 Å². The molecular weight excluding hydrogens is 660 g/mol. The zero-order valence-corrected chi connectivity index (χ0v) is 24.6. The van der Waals surface area contributed by atoms with E-state index in [4.69, 9.17) is 4.74 Å². The summed E-state index contributed by atoms with van der Waals surface area (Å²) in [7, 11) is 0. The number of hydrogen-bond donors (Lipinski definition) is 2. The third-order valence-electron chi connectivity index (χ3n) is 7.39. The minimum absolute atomic E-state index is 0.0126. The number of para-hydroxylation sites is 3. The molecule has 46 heavy (non-hydrogen) atoms. The molecule has 2 N–H and O–H groups in total. The van der Waals surface area contributed by atoms with Crippen molar-refractivity contribution in [2.45, 2.75) is 28.5 Å². The number of carbonyl (C=O) groups is 3. The highest BCUT2D eigenvalue weighted by Crippen LogP contribution is 2.55. The van der Waals surface area contributed by atoms with E-state index in [1.54, 1.807) is 6.07 Å². The van der Waals surface area contributed by atoms with Gasteiger partial charge in [-0.25, -0.2) is 4.90 Å². The zero-order valence-electron chi connectivity index (χ0n) is 22.9. The molecule has 8 nitrogen and oxygen atoms in total. The number of imide groups is 1. The van der Waals surface area contributed by atoms with E-state index in [0.29, 0.717) is 9.78 Å². The number of aromatic amines is 1. The van der Waals surface area contributed by atoms with Crippen molar-refractivity contribution in [3.63, 3.8) is 0 Å². The first-order chi connectivity index (χ1) is 21.8. The number of anilines is 2. The molecule has 3 atom stereocenters. The number of carbonyl (C=O) groups excluding carboxylic acids is 3. The molecule has 0 spiro atoms. The maximum atomic E-state index is 14.0. The van der Waals surface area contributed by atoms with E-state index in [2.05, 4.69) is 10.3 Å². The van der Waals surface area contributed by atoms with Crippen LogP contribution in [0.4, 0.5) is 37.7 Å². The molecule has 3 heterocycles. The Hall–Kier alpha value is -4.57. The number of nitrogens with zero attached hydrogens (tertiary/aromatic N) is 1. The molecule has 4 aromatic rings. The predicted molar refractivity (Wildman–Crippen MR) is 156 cm³/mol.